The van der Waals surface area contributed by atoms with Crippen LogP contribution in [0.4, 0.5) is 5.69 Å². The zero-order valence-electron chi connectivity index (χ0n) is 9.70. The Morgan fingerprint density at radius 1 is 1.06 bits per heavy atom. The molecule has 2 nitrogen and oxygen atoms in total. The summed E-state index contributed by atoms with van der Waals surface area (Å²) in [6.45, 7) is 2.05. The van der Waals surface area contributed by atoms with Gasteiger partial charge in [-0.25, -0.2) is 0 Å². The molecule has 16 heavy (non-hydrogen) atoms. The van der Waals surface area contributed by atoms with E-state index in [-0.39, 0.29) is 0 Å². The van der Waals surface area contributed by atoms with Crippen molar-refractivity contribution in [3.8, 4) is 0 Å². The summed E-state index contributed by atoms with van der Waals surface area (Å²) in [5.41, 5.74) is 4.74. The van der Waals surface area contributed by atoms with Gasteiger partial charge in [-0.1, -0.05) is 18.2 Å². The van der Waals surface area contributed by atoms with Crippen LogP contribution in [0.3, 0.4) is 0 Å². The highest BCUT2D eigenvalue weighted by molar-refractivity contribution is 5.44. The molecular weight excluding hydrogens is 196 g/mol. The second-order valence-corrected chi connectivity index (χ2v) is 3.95. The fourth-order valence-corrected chi connectivity index (χ4v) is 1.60. The lowest BCUT2D eigenvalue weighted by molar-refractivity contribution is 1.06. The highest BCUT2D eigenvalue weighted by atomic mass is 14.8. The maximum absolute atomic E-state index is 4.40. The Balaban J connectivity index is 2.11. The molecule has 82 valence electrons. The second-order valence-electron chi connectivity index (χ2n) is 3.95. The molecule has 0 aliphatic rings. The van der Waals surface area contributed by atoms with Crippen molar-refractivity contribution in [3.63, 3.8) is 0 Å². The number of aromatic nitrogens is 1. The van der Waals surface area contributed by atoms with E-state index in [1.807, 2.05) is 13.2 Å². The Morgan fingerprint density at radius 2 is 1.81 bits per heavy atom. The van der Waals surface area contributed by atoms with E-state index in [1.165, 1.54) is 11.1 Å². The third-order valence-corrected chi connectivity index (χ3v) is 2.60. The van der Waals surface area contributed by atoms with Crippen LogP contribution < -0.4 is 5.32 Å². The molecule has 1 aromatic carbocycles. The van der Waals surface area contributed by atoms with Gasteiger partial charge in [0.2, 0.25) is 0 Å². The molecule has 0 atom stereocenters. The Labute approximate surface area is 96.4 Å². The number of nitrogens with one attached hydrogen (secondary N) is 1. The van der Waals surface area contributed by atoms with Gasteiger partial charge in [0.15, 0.2) is 0 Å². The average Bonchev–Trinajstić information content (AvgIpc) is 2.33. The zero-order chi connectivity index (χ0) is 11.4. The van der Waals surface area contributed by atoms with Crippen molar-refractivity contribution in [2.75, 3.05) is 12.4 Å². The van der Waals surface area contributed by atoms with Gasteiger partial charge in [0.05, 0.1) is 0 Å². The van der Waals surface area contributed by atoms with Crippen LogP contribution in [0.5, 0.6) is 0 Å². The van der Waals surface area contributed by atoms with E-state index < -0.39 is 0 Å². The summed E-state index contributed by atoms with van der Waals surface area (Å²) in [7, 11) is 1.93. The number of anilines is 1. The largest absolute Gasteiger partial charge is 0.388 e. The summed E-state index contributed by atoms with van der Waals surface area (Å²) in [5.74, 6) is 0. The summed E-state index contributed by atoms with van der Waals surface area (Å²) in [5, 5.41) is 3.11. The van der Waals surface area contributed by atoms with Crippen molar-refractivity contribution in [1.82, 2.24) is 4.98 Å². The standard InChI is InChI=1S/C14H16N2/c1-11-3-6-14(16-10-11)9-12-4-7-13(15-2)8-5-12/h3-8,10,15H,9H2,1-2H3. The lowest BCUT2D eigenvalue weighted by atomic mass is 10.1. The molecule has 0 radical (unpaired) electrons. The molecule has 0 saturated heterocycles. The smallest absolute Gasteiger partial charge is 0.0447 e. The van der Waals surface area contributed by atoms with Crippen LogP contribution in [0.2, 0.25) is 0 Å². The third kappa shape index (κ3) is 2.60. The van der Waals surface area contributed by atoms with E-state index in [0.717, 1.165) is 17.8 Å². The number of benzene rings is 1. The van der Waals surface area contributed by atoms with Gasteiger partial charge < -0.3 is 5.32 Å². The van der Waals surface area contributed by atoms with E-state index >= 15 is 0 Å². The fraction of sp³-hybridized carbons (Fsp3) is 0.214. The Hall–Kier alpha value is -1.83. The van der Waals surface area contributed by atoms with Crippen molar-refractivity contribution >= 4 is 5.69 Å². The van der Waals surface area contributed by atoms with Gasteiger partial charge >= 0.3 is 0 Å². The lowest BCUT2D eigenvalue weighted by Gasteiger charge is -2.03. The highest BCUT2D eigenvalue weighted by Gasteiger charge is 1.97. The average molecular weight is 212 g/mol. The number of hydrogen-bond acceptors (Lipinski definition) is 2. The van der Waals surface area contributed by atoms with Crippen molar-refractivity contribution in [2.45, 2.75) is 13.3 Å². The number of pyridine rings is 1. The second kappa shape index (κ2) is 4.79. The van der Waals surface area contributed by atoms with Crippen LogP contribution in [-0.2, 0) is 6.42 Å². The molecule has 0 amide bonds. The van der Waals surface area contributed by atoms with Gasteiger partial charge in [-0.3, -0.25) is 4.98 Å². The molecule has 2 heteroatoms. The third-order valence-electron chi connectivity index (χ3n) is 2.60. The summed E-state index contributed by atoms with van der Waals surface area (Å²) >= 11 is 0. The Morgan fingerprint density at radius 3 is 2.38 bits per heavy atom. The molecule has 0 fully saturated rings. The van der Waals surface area contributed by atoms with Gasteiger partial charge in [-0.15, -0.1) is 0 Å². The molecule has 0 aliphatic heterocycles. The van der Waals surface area contributed by atoms with Gasteiger partial charge in [0, 0.05) is 31.0 Å². The van der Waals surface area contributed by atoms with Crippen LogP contribution in [0, 0.1) is 6.92 Å². The molecule has 1 N–H and O–H groups in total. The SMILES string of the molecule is CNc1ccc(Cc2ccc(C)cn2)cc1. The summed E-state index contributed by atoms with van der Waals surface area (Å²) in [6.07, 6.45) is 2.81. The summed E-state index contributed by atoms with van der Waals surface area (Å²) < 4.78 is 0. The topological polar surface area (TPSA) is 24.9 Å². The Bertz CT molecular complexity index is 443. The van der Waals surface area contributed by atoms with Crippen LogP contribution in [-0.4, -0.2) is 12.0 Å². The first-order valence-electron chi connectivity index (χ1n) is 5.46. The van der Waals surface area contributed by atoms with E-state index in [0.29, 0.717) is 0 Å². The maximum atomic E-state index is 4.40. The van der Waals surface area contributed by atoms with Crippen LogP contribution in [0.25, 0.3) is 0 Å². The zero-order valence-corrected chi connectivity index (χ0v) is 9.70. The highest BCUT2D eigenvalue weighted by Crippen LogP contribution is 2.12. The molecule has 0 spiro atoms. The van der Waals surface area contributed by atoms with Crippen LogP contribution in [0.15, 0.2) is 42.6 Å². The van der Waals surface area contributed by atoms with Gasteiger partial charge in [-0.2, -0.15) is 0 Å². The fourth-order valence-electron chi connectivity index (χ4n) is 1.60. The number of nitrogens with zero attached hydrogens (tertiary/aromatic N) is 1. The molecule has 1 aromatic heterocycles. The number of rotatable bonds is 3. The number of aryl methyl sites for hydroxylation is 1. The monoisotopic (exact) mass is 212 g/mol. The van der Waals surface area contributed by atoms with Crippen molar-refractivity contribution in [1.29, 1.82) is 0 Å². The molecule has 2 aromatic rings. The molecule has 0 bridgehead atoms. The first-order valence-corrected chi connectivity index (χ1v) is 5.46. The minimum absolute atomic E-state index is 0.893. The summed E-state index contributed by atoms with van der Waals surface area (Å²) in [4.78, 5) is 4.40. The van der Waals surface area contributed by atoms with Crippen LogP contribution in [0.1, 0.15) is 16.8 Å². The maximum Gasteiger partial charge on any atom is 0.0447 e. The van der Waals surface area contributed by atoms with Crippen molar-refractivity contribution in [3.05, 3.63) is 59.4 Å². The van der Waals surface area contributed by atoms with Gasteiger partial charge in [0.1, 0.15) is 0 Å². The van der Waals surface area contributed by atoms with E-state index in [9.17, 15) is 0 Å². The van der Waals surface area contributed by atoms with Gasteiger partial charge in [0.25, 0.3) is 0 Å². The Kier molecular flexibility index (Phi) is 3.20. The van der Waals surface area contributed by atoms with E-state index in [1.54, 1.807) is 0 Å². The lowest BCUT2D eigenvalue weighted by Crippen LogP contribution is -1.93. The molecule has 2 rings (SSSR count). The summed E-state index contributed by atoms with van der Waals surface area (Å²) in [6, 6.07) is 12.6. The molecule has 0 aliphatic carbocycles. The molecule has 1 heterocycles. The van der Waals surface area contributed by atoms with Crippen LogP contribution >= 0.6 is 0 Å². The minimum atomic E-state index is 0.893. The van der Waals surface area contributed by atoms with Gasteiger partial charge in [-0.05, 0) is 36.2 Å². The normalized spacial score (nSPS) is 10.1. The van der Waals surface area contributed by atoms with E-state index in [4.69, 9.17) is 0 Å². The van der Waals surface area contributed by atoms with Crippen molar-refractivity contribution in [2.24, 2.45) is 0 Å². The first-order chi connectivity index (χ1) is 7.78. The minimum Gasteiger partial charge on any atom is -0.388 e. The van der Waals surface area contributed by atoms with Crippen molar-refractivity contribution < 1.29 is 0 Å². The molecular formula is C14H16N2. The predicted octanol–water partition coefficient (Wildman–Crippen LogP) is 3.02. The molecule has 0 saturated carbocycles. The first kappa shape index (κ1) is 10.7. The number of hydrogen-bond donors (Lipinski definition) is 1. The predicted molar refractivity (Wildman–Crippen MR) is 67.8 cm³/mol. The molecule has 0 unspecified atom stereocenters. The quantitative estimate of drug-likeness (QED) is 0.846. The van der Waals surface area contributed by atoms with E-state index in [2.05, 4.69) is 53.6 Å².